The van der Waals surface area contributed by atoms with Gasteiger partial charge in [-0.15, -0.1) is 0 Å². The fourth-order valence-electron chi connectivity index (χ4n) is 1.48. The van der Waals surface area contributed by atoms with Crippen molar-refractivity contribution < 1.29 is 19.2 Å². The van der Waals surface area contributed by atoms with Crippen molar-refractivity contribution in [2.24, 2.45) is 0 Å². The number of carbonyl (C=O) groups is 1. The molecule has 1 atom stereocenters. The number of hydrogen-bond donors (Lipinski definition) is 1. The molecule has 1 aromatic rings. The Morgan fingerprint density at radius 2 is 2.00 bits per heavy atom. The van der Waals surface area contributed by atoms with Crippen LogP contribution in [-0.2, 0) is 9.53 Å². The summed E-state index contributed by atoms with van der Waals surface area (Å²) in [6, 6.07) is 6.86. The number of rotatable bonds is 7. The number of esters is 1. The Kier molecular flexibility index (Phi) is 5.31. The third-order valence-electron chi connectivity index (χ3n) is 2.84. The van der Waals surface area contributed by atoms with Crippen LogP contribution in [-0.4, -0.2) is 36.7 Å². The molecule has 0 fully saturated rings. The molecular formula is C13H18N2O5. The molecule has 0 aromatic heterocycles. The predicted octanol–water partition coefficient (Wildman–Crippen LogP) is 1.71. The molecule has 1 rings (SSSR count). The molecule has 0 aliphatic heterocycles. The van der Waals surface area contributed by atoms with Crippen molar-refractivity contribution in [3.63, 3.8) is 0 Å². The number of nitro groups is 1. The minimum Gasteiger partial charge on any atom is -0.497 e. The van der Waals surface area contributed by atoms with Gasteiger partial charge in [-0.25, -0.2) is 4.79 Å². The largest absolute Gasteiger partial charge is 0.497 e. The van der Waals surface area contributed by atoms with Crippen LogP contribution in [0.15, 0.2) is 24.3 Å². The van der Waals surface area contributed by atoms with Crippen LogP contribution in [0.4, 0.5) is 5.69 Å². The lowest BCUT2D eigenvalue weighted by Crippen LogP contribution is -2.50. The molecule has 20 heavy (non-hydrogen) atoms. The Balaban J connectivity index is 2.76. The standard InChI is InChI=1S/C13H18N2O5/c1-4-20-12(16)13(2,15(17)18)9-14-10-5-7-11(19-3)8-6-10/h5-8,14H,4,9H2,1-3H3. The molecule has 7 nitrogen and oxygen atoms in total. The predicted molar refractivity (Wildman–Crippen MR) is 73.5 cm³/mol. The summed E-state index contributed by atoms with van der Waals surface area (Å²) in [4.78, 5) is 22.2. The van der Waals surface area contributed by atoms with Crippen molar-refractivity contribution in [2.45, 2.75) is 19.4 Å². The molecule has 7 heteroatoms. The third kappa shape index (κ3) is 3.59. The van der Waals surface area contributed by atoms with Gasteiger partial charge in [-0.2, -0.15) is 0 Å². The molecule has 0 radical (unpaired) electrons. The molecule has 0 bridgehead atoms. The Bertz CT molecular complexity index is 474. The van der Waals surface area contributed by atoms with Gasteiger partial charge in [0.2, 0.25) is 0 Å². The van der Waals surface area contributed by atoms with Gasteiger partial charge in [0.05, 0.1) is 20.3 Å². The maximum atomic E-state index is 11.7. The Morgan fingerprint density at radius 1 is 1.40 bits per heavy atom. The fourth-order valence-corrected chi connectivity index (χ4v) is 1.48. The second kappa shape index (κ2) is 6.74. The minimum atomic E-state index is -1.82. The summed E-state index contributed by atoms with van der Waals surface area (Å²) >= 11 is 0. The highest BCUT2D eigenvalue weighted by atomic mass is 16.6. The summed E-state index contributed by atoms with van der Waals surface area (Å²) in [6.07, 6.45) is 0. The van der Waals surface area contributed by atoms with E-state index in [1.165, 1.54) is 6.92 Å². The summed E-state index contributed by atoms with van der Waals surface area (Å²) in [5.41, 5.74) is -1.17. The van der Waals surface area contributed by atoms with E-state index in [9.17, 15) is 14.9 Å². The van der Waals surface area contributed by atoms with Crippen LogP contribution >= 0.6 is 0 Å². The molecule has 0 saturated carbocycles. The molecule has 1 unspecified atom stereocenters. The lowest BCUT2D eigenvalue weighted by atomic mass is 10.0. The van der Waals surface area contributed by atoms with E-state index in [4.69, 9.17) is 9.47 Å². The first kappa shape index (κ1) is 15.7. The van der Waals surface area contributed by atoms with Gasteiger partial charge in [-0.05, 0) is 31.2 Å². The Morgan fingerprint density at radius 3 is 2.45 bits per heavy atom. The van der Waals surface area contributed by atoms with Crippen LogP contribution in [0.1, 0.15) is 13.8 Å². The molecule has 0 saturated heterocycles. The van der Waals surface area contributed by atoms with Crippen molar-refractivity contribution in [3.8, 4) is 5.75 Å². The first-order chi connectivity index (χ1) is 9.43. The molecule has 0 amide bonds. The molecule has 110 valence electrons. The number of carbonyl (C=O) groups excluding carboxylic acids is 1. The van der Waals surface area contributed by atoms with E-state index in [2.05, 4.69) is 5.32 Å². The molecule has 0 heterocycles. The van der Waals surface area contributed by atoms with Crippen molar-refractivity contribution in [2.75, 3.05) is 25.6 Å². The molecule has 0 aliphatic carbocycles. The van der Waals surface area contributed by atoms with E-state index < -0.39 is 16.4 Å². The van der Waals surface area contributed by atoms with Gasteiger partial charge in [0, 0.05) is 17.5 Å². The van der Waals surface area contributed by atoms with Crippen LogP contribution in [0.5, 0.6) is 5.75 Å². The van der Waals surface area contributed by atoms with E-state index in [1.807, 2.05) is 0 Å². The summed E-state index contributed by atoms with van der Waals surface area (Å²) in [5.74, 6) is -0.177. The summed E-state index contributed by atoms with van der Waals surface area (Å²) in [7, 11) is 1.55. The van der Waals surface area contributed by atoms with Crippen molar-refractivity contribution in [1.29, 1.82) is 0 Å². The monoisotopic (exact) mass is 282 g/mol. The van der Waals surface area contributed by atoms with Crippen LogP contribution < -0.4 is 10.1 Å². The van der Waals surface area contributed by atoms with E-state index in [1.54, 1.807) is 38.3 Å². The van der Waals surface area contributed by atoms with E-state index in [0.29, 0.717) is 11.4 Å². The van der Waals surface area contributed by atoms with Crippen molar-refractivity contribution in [3.05, 3.63) is 34.4 Å². The molecule has 0 spiro atoms. The van der Waals surface area contributed by atoms with Gasteiger partial charge < -0.3 is 14.8 Å². The first-order valence-electron chi connectivity index (χ1n) is 6.13. The smallest absolute Gasteiger partial charge is 0.386 e. The van der Waals surface area contributed by atoms with Gasteiger partial charge in [0.1, 0.15) is 5.75 Å². The second-order valence-electron chi connectivity index (χ2n) is 4.33. The Hall–Kier alpha value is -2.31. The van der Waals surface area contributed by atoms with Crippen LogP contribution in [0.3, 0.4) is 0 Å². The van der Waals surface area contributed by atoms with Gasteiger partial charge in [-0.3, -0.25) is 10.1 Å². The highest BCUT2D eigenvalue weighted by Gasteiger charge is 2.47. The number of benzene rings is 1. The quantitative estimate of drug-likeness (QED) is 0.465. The average molecular weight is 282 g/mol. The zero-order valence-corrected chi connectivity index (χ0v) is 11.7. The highest BCUT2D eigenvalue weighted by Crippen LogP contribution is 2.18. The number of methoxy groups -OCH3 is 1. The number of ether oxygens (including phenoxy) is 2. The Labute approximate surface area is 117 Å². The summed E-state index contributed by atoms with van der Waals surface area (Å²) in [5, 5.41) is 14.0. The third-order valence-corrected chi connectivity index (χ3v) is 2.84. The minimum absolute atomic E-state index is 0.102. The van der Waals surface area contributed by atoms with Crippen molar-refractivity contribution in [1.82, 2.24) is 0 Å². The number of hydrogen-bond acceptors (Lipinski definition) is 6. The normalized spacial score (nSPS) is 13.2. The van der Waals surface area contributed by atoms with Crippen LogP contribution in [0, 0.1) is 10.1 Å². The highest BCUT2D eigenvalue weighted by molar-refractivity contribution is 5.79. The maximum Gasteiger partial charge on any atom is 0.386 e. The molecule has 1 N–H and O–H groups in total. The summed E-state index contributed by atoms with van der Waals surface area (Å²) < 4.78 is 9.77. The lowest BCUT2D eigenvalue weighted by Gasteiger charge is -2.19. The zero-order chi connectivity index (χ0) is 15.2. The SMILES string of the molecule is CCOC(=O)C(C)(CNc1ccc(OC)cc1)[N+](=O)[O-]. The van der Waals surface area contributed by atoms with E-state index in [-0.39, 0.29) is 13.2 Å². The molecule has 1 aromatic carbocycles. The first-order valence-corrected chi connectivity index (χ1v) is 6.13. The lowest BCUT2D eigenvalue weighted by molar-refractivity contribution is -0.546. The van der Waals surface area contributed by atoms with E-state index in [0.717, 1.165) is 0 Å². The fraction of sp³-hybridized carbons (Fsp3) is 0.462. The maximum absolute atomic E-state index is 11.7. The second-order valence-corrected chi connectivity index (χ2v) is 4.33. The average Bonchev–Trinajstić information content (AvgIpc) is 2.45. The number of nitrogens with one attached hydrogen (secondary N) is 1. The van der Waals surface area contributed by atoms with Gasteiger partial charge in [0.15, 0.2) is 0 Å². The topological polar surface area (TPSA) is 90.7 Å². The summed E-state index contributed by atoms with van der Waals surface area (Å²) in [6.45, 7) is 2.78. The van der Waals surface area contributed by atoms with Crippen LogP contribution in [0.25, 0.3) is 0 Å². The van der Waals surface area contributed by atoms with Gasteiger partial charge >= 0.3 is 11.5 Å². The molecular weight excluding hydrogens is 264 g/mol. The van der Waals surface area contributed by atoms with Gasteiger partial charge in [0.25, 0.3) is 0 Å². The van der Waals surface area contributed by atoms with Gasteiger partial charge in [-0.1, -0.05) is 0 Å². The number of nitrogens with zero attached hydrogens (tertiary/aromatic N) is 1. The zero-order valence-electron chi connectivity index (χ0n) is 11.7. The van der Waals surface area contributed by atoms with E-state index >= 15 is 0 Å². The van der Waals surface area contributed by atoms with Crippen molar-refractivity contribution >= 4 is 11.7 Å². The molecule has 0 aliphatic rings. The number of anilines is 1. The van der Waals surface area contributed by atoms with Crippen LogP contribution in [0.2, 0.25) is 0 Å².